The number of aromatic nitrogens is 1. The number of alkyl halides is 1. The monoisotopic (exact) mass is 303 g/mol. The van der Waals surface area contributed by atoms with E-state index in [1.165, 1.54) is 4.90 Å². The Kier molecular flexibility index (Phi) is 3.60. The first-order valence-corrected chi connectivity index (χ1v) is 7.26. The van der Waals surface area contributed by atoms with Crippen molar-refractivity contribution < 1.29 is 14.0 Å². The third-order valence-corrected chi connectivity index (χ3v) is 4.25. The van der Waals surface area contributed by atoms with Gasteiger partial charge in [-0.05, 0) is 18.6 Å². The lowest BCUT2D eigenvalue weighted by Crippen LogP contribution is -2.44. The molecular formula is C16H18FN3O2. The first kappa shape index (κ1) is 14.6. The molecule has 5 nitrogen and oxygen atoms in total. The maximum absolute atomic E-state index is 13.5. The van der Waals surface area contributed by atoms with Crippen LogP contribution in [0.25, 0.3) is 10.9 Å². The van der Waals surface area contributed by atoms with Gasteiger partial charge in [0.1, 0.15) is 12.2 Å². The normalized spacial score (nSPS) is 21.5. The third-order valence-electron chi connectivity index (χ3n) is 4.25. The van der Waals surface area contributed by atoms with Crippen LogP contribution in [0.4, 0.5) is 4.39 Å². The minimum absolute atomic E-state index is 0.00601. The number of aryl methyl sites for hydroxylation is 1. The SMILES string of the molecule is Cc1[nH]c2ccccc2c1CC(=O)N1C[C@H](F)C[C@H]1C(N)=O. The number of hydrogen-bond donors (Lipinski definition) is 2. The second-order valence-corrected chi connectivity index (χ2v) is 5.75. The largest absolute Gasteiger partial charge is 0.368 e. The number of primary amides is 1. The van der Waals surface area contributed by atoms with Crippen LogP contribution in [-0.2, 0) is 16.0 Å². The minimum Gasteiger partial charge on any atom is -0.368 e. The van der Waals surface area contributed by atoms with Crippen LogP contribution in [0.3, 0.4) is 0 Å². The van der Waals surface area contributed by atoms with Crippen LogP contribution in [0.15, 0.2) is 24.3 Å². The highest BCUT2D eigenvalue weighted by Gasteiger charge is 2.38. The van der Waals surface area contributed by atoms with E-state index < -0.39 is 18.1 Å². The average Bonchev–Trinajstić information content (AvgIpc) is 3.00. The fourth-order valence-electron chi connectivity index (χ4n) is 3.15. The summed E-state index contributed by atoms with van der Waals surface area (Å²) in [4.78, 5) is 28.4. The first-order chi connectivity index (χ1) is 10.5. The molecule has 0 spiro atoms. The number of halogens is 1. The Bertz CT molecular complexity index is 740. The van der Waals surface area contributed by atoms with Gasteiger partial charge in [0, 0.05) is 23.0 Å². The van der Waals surface area contributed by atoms with Crippen LogP contribution < -0.4 is 5.73 Å². The molecule has 0 bridgehead atoms. The van der Waals surface area contributed by atoms with E-state index >= 15 is 0 Å². The van der Waals surface area contributed by atoms with Crippen molar-refractivity contribution in [3.05, 3.63) is 35.5 Å². The topological polar surface area (TPSA) is 79.2 Å². The summed E-state index contributed by atoms with van der Waals surface area (Å²) in [5.74, 6) is -0.916. The Balaban J connectivity index is 1.87. The third kappa shape index (κ3) is 2.45. The average molecular weight is 303 g/mol. The van der Waals surface area contributed by atoms with Gasteiger partial charge in [-0.15, -0.1) is 0 Å². The van der Waals surface area contributed by atoms with Crippen LogP contribution in [0.5, 0.6) is 0 Å². The Morgan fingerprint density at radius 1 is 1.41 bits per heavy atom. The Labute approximate surface area is 127 Å². The summed E-state index contributed by atoms with van der Waals surface area (Å²) in [5.41, 5.74) is 8.02. The molecule has 1 saturated heterocycles. The van der Waals surface area contributed by atoms with Crippen LogP contribution in [-0.4, -0.2) is 40.5 Å². The van der Waals surface area contributed by atoms with Gasteiger partial charge < -0.3 is 15.6 Å². The van der Waals surface area contributed by atoms with Crippen molar-refractivity contribution in [1.29, 1.82) is 0 Å². The molecule has 3 rings (SSSR count). The predicted molar refractivity (Wildman–Crippen MR) is 80.9 cm³/mol. The van der Waals surface area contributed by atoms with Crippen LogP contribution in [0.1, 0.15) is 17.7 Å². The number of amides is 2. The molecular weight excluding hydrogens is 285 g/mol. The maximum atomic E-state index is 13.5. The summed E-state index contributed by atoms with van der Waals surface area (Å²) >= 11 is 0. The summed E-state index contributed by atoms with van der Waals surface area (Å²) in [6.07, 6.45) is -1.06. The molecule has 6 heteroatoms. The van der Waals surface area contributed by atoms with Crippen molar-refractivity contribution in [3.8, 4) is 0 Å². The van der Waals surface area contributed by atoms with E-state index in [9.17, 15) is 14.0 Å². The number of nitrogens with two attached hydrogens (primary N) is 1. The number of nitrogens with zero attached hydrogens (tertiary/aromatic N) is 1. The summed E-state index contributed by atoms with van der Waals surface area (Å²) in [7, 11) is 0. The second kappa shape index (κ2) is 5.44. The summed E-state index contributed by atoms with van der Waals surface area (Å²) in [6.45, 7) is 1.84. The van der Waals surface area contributed by atoms with Crippen molar-refractivity contribution in [2.45, 2.75) is 32.0 Å². The smallest absolute Gasteiger partial charge is 0.240 e. The molecule has 1 aromatic heterocycles. The Morgan fingerprint density at radius 3 is 2.86 bits per heavy atom. The Hall–Kier alpha value is -2.37. The number of rotatable bonds is 3. The molecule has 2 amide bonds. The second-order valence-electron chi connectivity index (χ2n) is 5.75. The lowest BCUT2D eigenvalue weighted by molar-refractivity contribution is -0.136. The molecule has 116 valence electrons. The van der Waals surface area contributed by atoms with E-state index in [0.29, 0.717) is 0 Å². The van der Waals surface area contributed by atoms with Crippen molar-refractivity contribution in [2.75, 3.05) is 6.54 Å². The Morgan fingerprint density at radius 2 is 2.14 bits per heavy atom. The van der Waals surface area contributed by atoms with E-state index in [2.05, 4.69) is 4.98 Å². The molecule has 1 aliphatic heterocycles. The molecule has 2 atom stereocenters. The number of aromatic amines is 1. The molecule has 2 heterocycles. The van der Waals surface area contributed by atoms with Crippen LogP contribution in [0.2, 0.25) is 0 Å². The van der Waals surface area contributed by atoms with Gasteiger partial charge in [0.25, 0.3) is 0 Å². The quantitative estimate of drug-likeness (QED) is 0.900. The zero-order chi connectivity index (χ0) is 15.9. The molecule has 22 heavy (non-hydrogen) atoms. The fourth-order valence-corrected chi connectivity index (χ4v) is 3.15. The number of carbonyl (C=O) groups excluding carboxylic acids is 2. The first-order valence-electron chi connectivity index (χ1n) is 7.26. The fraction of sp³-hybridized carbons (Fsp3) is 0.375. The number of hydrogen-bond acceptors (Lipinski definition) is 2. The summed E-state index contributed by atoms with van der Waals surface area (Å²) < 4.78 is 13.5. The molecule has 0 radical (unpaired) electrons. The zero-order valence-corrected chi connectivity index (χ0v) is 12.3. The lowest BCUT2D eigenvalue weighted by atomic mass is 10.1. The predicted octanol–water partition coefficient (Wildman–Crippen LogP) is 1.44. The molecule has 0 saturated carbocycles. The van der Waals surface area contributed by atoms with E-state index in [4.69, 9.17) is 5.73 Å². The van der Waals surface area contributed by atoms with Gasteiger partial charge in [0.2, 0.25) is 11.8 Å². The van der Waals surface area contributed by atoms with Crippen molar-refractivity contribution >= 4 is 22.7 Å². The van der Waals surface area contributed by atoms with Crippen molar-refractivity contribution in [1.82, 2.24) is 9.88 Å². The van der Waals surface area contributed by atoms with Gasteiger partial charge in [-0.25, -0.2) is 4.39 Å². The lowest BCUT2D eigenvalue weighted by Gasteiger charge is -2.21. The van der Waals surface area contributed by atoms with Gasteiger partial charge in [-0.2, -0.15) is 0 Å². The number of likely N-dealkylation sites (tertiary alicyclic amines) is 1. The van der Waals surface area contributed by atoms with Gasteiger partial charge in [-0.3, -0.25) is 9.59 Å². The van der Waals surface area contributed by atoms with Gasteiger partial charge in [-0.1, -0.05) is 18.2 Å². The van der Waals surface area contributed by atoms with Crippen molar-refractivity contribution in [3.63, 3.8) is 0 Å². The van der Waals surface area contributed by atoms with Gasteiger partial charge >= 0.3 is 0 Å². The summed E-state index contributed by atoms with van der Waals surface area (Å²) in [5, 5.41) is 0.972. The van der Waals surface area contributed by atoms with E-state index in [-0.39, 0.29) is 25.3 Å². The standard InChI is InChI=1S/C16H18FN3O2/c1-9-12(11-4-2-3-5-13(11)19-9)7-15(21)20-8-10(17)6-14(20)16(18)22/h2-5,10,14,19H,6-8H2,1H3,(H2,18,22)/t10-,14+/m1/s1. The van der Waals surface area contributed by atoms with Crippen LogP contribution >= 0.6 is 0 Å². The number of benzene rings is 1. The molecule has 1 aromatic carbocycles. The number of para-hydroxylation sites is 1. The highest BCUT2D eigenvalue weighted by atomic mass is 19.1. The number of carbonyl (C=O) groups is 2. The van der Waals surface area contributed by atoms with Crippen molar-refractivity contribution in [2.24, 2.45) is 5.73 Å². The summed E-state index contributed by atoms with van der Waals surface area (Å²) in [6, 6.07) is 6.86. The molecule has 0 aliphatic carbocycles. The molecule has 1 fully saturated rings. The molecule has 3 N–H and O–H groups in total. The number of H-pyrrole nitrogens is 1. The maximum Gasteiger partial charge on any atom is 0.240 e. The van der Waals surface area contributed by atoms with E-state index in [1.807, 2.05) is 31.2 Å². The highest BCUT2D eigenvalue weighted by Crippen LogP contribution is 2.25. The van der Waals surface area contributed by atoms with E-state index in [0.717, 1.165) is 22.2 Å². The highest BCUT2D eigenvalue weighted by molar-refractivity contribution is 5.92. The van der Waals surface area contributed by atoms with Crippen LogP contribution in [0, 0.1) is 6.92 Å². The molecule has 1 aliphatic rings. The van der Waals surface area contributed by atoms with Gasteiger partial charge in [0.15, 0.2) is 0 Å². The van der Waals surface area contributed by atoms with E-state index in [1.54, 1.807) is 0 Å². The van der Waals surface area contributed by atoms with Gasteiger partial charge in [0.05, 0.1) is 13.0 Å². The minimum atomic E-state index is -1.19. The molecule has 2 aromatic rings. The number of nitrogens with one attached hydrogen (secondary N) is 1. The zero-order valence-electron chi connectivity index (χ0n) is 12.3. The number of fused-ring (bicyclic) bond motifs is 1. The molecule has 0 unspecified atom stereocenters.